The van der Waals surface area contributed by atoms with Crippen LogP contribution in [0.25, 0.3) is 0 Å². The highest BCUT2D eigenvalue weighted by Gasteiger charge is 2.58. The van der Waals surface area contributed by atoms with Gasteiger partial charge < -0.3 is 9.94 Å². The van der Waals surface area contributed by atoms with Crippen LogP contribution in [0, 0.1) is 0 Å². The van der Waals surface area contributed by atoms with E-state index >= 15 is 0 Å². The molecule has 0 saturated carbocycles. The minimum atomic E-state index is -1.20. The largest absolute Gasteiger partial charge is 0.410 e. The van der Waals surface area contributed by atoms with Crippen LogP contribution >= 0.6 is 0 Å². The average Bonchev–Trinajstić information content (AvgIpc) is 2.76. The van der Waals surface area contributed by atoms with Crippen molar-refractivity contribution in [3.05, 3.63) is 71.8 Å². The number of hydrogen-bond donors (Lipinski definition) is 1. The first kappa shape index (κ1) is 14.5. The number of oxime groups is 1. The summed E-state index contributed by atoms with van der Waals surface area (Å²) in [5.41, 5.74) is -0.735. The Morgan fingerprint density at radius 3 is 1.77 bits per heavy atom. The highest BCUT2D eigenvalue weighted by atomic mass is 16.5. The molecular weight excluding hydrogens is 278 g/mol. The van der Waals surface area contributed by atoms with E-state index in [-0.39, 0.29) is 11.5 Å². The Bertz CT molecular complexity index is 681. The maximum absolute atomic E-state index is 12.6. The van der Waals surface area contributed by atoms with E-state index < -0.39 is 11.2 Å². The Hall–Kier alpha value is -2.46. The topological polar surface area (TPSA) is 58.9 Å². The van der Waals surface area contributed by atoms with Gasteiger partial charge in [0.1, 0.15) is 5.60 Å². The minimum Gasteiger partial charge on any atom is -0.410 e. The summed E-state index contributed by atoms with van der Waals surface area (Å²) in [7, 11) is 0. The summed E-state index contributed by atoms with van der Waals surface area (Å²) in [6.07, 6.45) is 0. The van der Waals surface area contributed by atoms with Crippen molar-refractivity contribution in [2.24, 2.45) is 5.16 Å². The summed E-state index contributed by atoms with van der Waals surface area (Å²) < 4.78 is 6.18. The predicted octanol–water partition coefficient (Wildman–Crippen LogP) is 3.14. The summed E-state index contributed by atoms with van der Waals surface area (Å²) >= 11 is 0. The normalized spacial score (nSPS) is 21.2. The fourth-order valence-electron chi connectivity index (χ4n) is 2.94. The zero-order chi connectivity index (χ0) is 15.8. The van der Waals surface area contributed by atoms with Crippen molar-refractivity contribution in [2.75, 3.05) is 0 Å². The number of carbonyl (C=O) groups is 1. The van der Waals surface area contributed by atoms with Gasteiger partial charge in [0.15, 0.2) is 11.3 Å². The SMILES string of the molecule is CC1(C)OC(c2ccccc2)(c2ccccc2)/C(=N\O)C1=O. The second kappa shape index (κ2) is 5.07. The molecule has 0 radical (unpaired) electrons. The summed E-state index contributed by atoms with van der Waals surface area (Å²) in [6.45, 7) is 3.38. The Labute approximate surface area is 129 Å². The van der Waals surface area contributed by atoms with Crippen LogP contribution in [-0.4, -0.2) is 22.3 Å². The predicted molar refractivity (Wildman–Crippen MR) is 83.1 cm³/mol. The van der Waals surface area contributed by atoms with Crippen LogP contribution in [-0.2, 0) is 15.1 Å². The van der Waals surface area contributed by atoms with Gasteiger partial charge in [-0.1, -0.05) is 65.8 Å². The van der Waals surface area contributed by atoms with Gasteiger partial charge in [0.25, 0.3) is 0 Å². The lowest BCUT2D eigenvalue weighted by Crippen LogP contribution is -2.36. The van der Waals surface area contributed by atoms with Gasteiger partial charge in [0.05, 0.1) is 0 Å². The number of ether oxygens (including phenoxy) is 1. The molecule has 0 aliphatic carbocycles. The molecule has 112 valence electrons. The number of carbonyl (C=O) groups excluding carboxylic acids is 1. The first-order valence-electron chi connectivity index (χ1n) is 7.11. The molecule has 1 saturated heterocycles. The lowest BCUT2D eigenvalue weighted by molar-refractivity contribution is -0.132. The fraction of sp³-hybridized carbons (Fsp3) is 0.222. The number of Topliss-reactive ketones (excluding diaryl/α,β-unsaturated/α-hetero) is 1. The smallest absolute Gasteiger partial charge is 0.215 e. The Balaban J connectivity index is 2.33. The van der Waals surface area contributed by atoms with E-state index in [4.69, 9.17) is 4.74 Å². The maximum Gasteiger partial charge on any atom is 0.215 e. The third kappa shape index (κ3) is 1.96. The van der Waals surface area contributed by atoms with Gasteiger partial charge in [-0.25, -0.2) is 0 Å². The van der Waals surface area contributed by atoms with Crippen LogP contribution in [0.2, 0.25) is 0 Å². The first-order valence-corrected chi connectivity index (χ1v) is 7.11. The monoisotopic (exact) mass is 295 g/mol. The van der Waals surface area contributed by atoms with Crippen molar-refractivity contribution in [3.63, 3.8) is 0 Å². The summed E-state index contributed by atoms with van der Waals surface area (Å²) in [5, 5.41) is 12.8. The molecule has 0 bridgehead atoms. The van der Waals surface area contributed by atoms with E-state index in [0.717, 1.165) is 11.1 Å². The van der Waals surface area contributed by atoms with E-state index in [9.17, 15) is 10.0 Å². The Kier molecular flexibility index (Phi) is 3.34. The average molecular weight is 295 g/mol. The van der Waals surface area contributed by atoms with Crippen LogP contribution in [0.4, 0.5) is 0 Å². The number of rotatable bonds is 2. The highest BCUT2D eigenvalue weighted by molar-refractivity contribution is 6.47. The molecule has 0 spiro atoms. The standard InChI is InChI=1S/C18H17NO3/c1-17(2)16(20)15(19-21)18(22-17,13-9-5-3-6-10-13)14-11-7-4-8-12-14/h3-12,21H,1-2H3/b19-15-. The van der Waals surface area contributed by atoms with E-state index in [1.165, 1.54) is 0 Å². The van der Waals surface area contributed by atoms with Crippen LogP contribution in [0.15, 0.2) is 65.8 Å². The fourth-order valence-corrected chi connectivity index (χ4v) is 2.94. The minimum absolute atomic E-state index is 0.00917. The van der Waals surface area contributed by atoms with Gasteiger partial charge in [-0.05, 0) is 25.0 Å². The molecule has 3 rings (SSSR count). The molecule has 1 N–H and O–H groups in total. The number of nitrogens with zero attached hydrogens (tertiary/aromatic N) is 1. The lowest BCUT2D eigenvalue weighted by atomic mass is 9.81. The Morgan fingerprint density at radius 1 is 0.909 bits per heavy atom. The van der Waals surface area contributed by atoms with Crippen molar-refractivity contribution in [3.8, 4) is 0 Å². The number of ketones is 1. The van der Waals surface area contributed by atoms with E-state index in [1.807, 2.05) is 60.7 Å². The molecule has 1 aliphatic heterocycles. The van der Waals surface area contributed by atoms with E-state index in [0.29, 0.717) is 0 Å². The van der Waals surface area contributed by atoms with Gasteiger partial charge in [-0.15, -0.1) is 0 Å². The van der Waals surface area contributed by atoms with Crippen molar-refractivity contribution in [2.45, 2.75) is 25.0 Å². The lowest BCUT2D eigenvalue weighted by Gasteiger charge is -2.31. The zero-order valence-corrected chi connectivity index (χ0v) is 12.5. The summed E-state index contributed by atoms with van der Waals surface area (Å²) in [4.78, 5) is 12.6. The molecule has 1 aliphatic rings. The van der Waals surface area contributed by atoms with Gasteiger partial charge in [-0.3, -0.25) is 4.79 Å². The van der Waals surface area contributed by atoms with Crippen molar-refractivity contribution < 1.29 is 14.7 Å². The maximum atomic E-state index is 12.6. The molecule has 4 heteroatoms. The third-order valence-electron chi connectivity index (χ3n) is 3.96. The first-order chi connectivity index (χ1) is 10.5. The van der Waals surface area contributed by atoms with Gasteiger partial charge in [0.2, 0.25) is 5.78 Å². The number of benzene rings is 2. The van der Waals surface area contributed by atoms with Crippen molar-refractivity contribution in [1.82, 2.24) is 0 Å². The molecule has 0 aromatic heterocycles. The second-order valence-corrected chi connectivity index (χ2v) is 5.80. The van der Waals surface area contributed by atoms with E-state index in [1.54, 1.807) is 13.8 Å². The quantitative estimate of drug-likeness (QED) is 0.684. The summed E-state index contributed by atoms with van der Waals surface area (Å²) in [5.74, 6) is -0.317. The van der Waals surface area contributed by atoms with Crippen molar-refractivity contribution in [1.29, 1.82) is 0 Å². The van der Waals surface area contributed by atoms with Crippen LogP contribution in [0.5, 0.6) is 0 Å². The molecule has 0 unspecified atom stereocenters. The van der Waals surface area contributed by atoms with Crippen LogP contribution in [0.3, 0.4) is 0 Å². The molecule has 22 heavy (non-hydrogen) atoms. The summed E-state index contributed by atoms with van der Waals surface area (Å²) in [6, 6.07) is 18.7. The van der Waals surface area contributed by atoms with E-state index in [2.05, 4.69) is 5.16 Å². The molecule has 1 heterocycles. The van der Waals surface area contributed by atoms with Gasteiger partial charge in [-0.2, -0.15) is 0 Å². The second-order valence-electron chi connectivity index (χ2n) is 5.80. The highest BCUT2D eigenvalue weighted by Crippen LogP contribution is 2.45. The van der Waals surface area contributed by atoms with Gasteiger partial charge >= 0.3 is 0 Å². The molecule has 2 aromatic carbocycles. The molecular formula is C18H17NO3. The van der Waals surface area contributed by atoms with Crippen molar-refractivity contribution >= 4 is 11.5 Å². The van der Waals surface area contributed by atoms with Crippen LogP contribution in [0.1, 0.15) is 25.0 Å². The third-order valence-corrected chi connectivity index (χ3v) is 3.96. The molecule has 0 amide bonds. The Morgan fingerprint density at radius 2 is 1.36 bits per heavy atom. The molecule has 4 nitrogen and oxygen atoms in total. The molecule has 0 atom stereocenters. The molecule has 2 aromatic rings. The molecule has 1 fully saturated rings. The van der Waals surface area contributed by atoms with Crippen LogP contribution < -0.4 is 0 Å². The van der Waals surface area contributed by atoms with Gasteiger partial charge in [0, 0.05) is 0 Å². The zero-order valence-electron chi connectivity index (χ0n) is 12.5. The number of hydrogen-bond acceptors (Lipinski definition) is 4.